The standard InChI is InChI=1S/C16H19FN2O3/c1-10-8-11(17)5-6-12(10)14(20)9-19-15(21)13-4-2-3-7-18(13)16(19)22/h5-6,8,13-14,20H,2-4,7,9H2,1H3. The third-order valence-electron chi connectivity index (χ3n) is 4.48. The average Bonchev–Trinajstić information content (AvgIpc) is 2.73. The number of halogens is 1. The molecule has 2 unspecified atom stereocenters. The Balaban J connectivity index is 1.77. The van der Waals surface area contributed by atoms with Crippen molar-refractivity contribution >= 4 is 11.9 Å². The third-order valence-corrected chi connectivity index (χ3v) is 4.48. The largest absolute Gasteiger partial charge is 0.387 e. The summed E-state index contributed by atoms with van der Waals surface area (Å²) in [6.45, 7) is 2.20. The second-order valence-corrected chi connectivity index (χ2v) is 5.95. The zero-order chi connectivity index (χ0) is 15.9. The second kappa shape index (κ2) is 5.68. The van der Waals surface area contributed by atoms with Crippen molar-refractivity contribution in [1.29, 1.82) is 0 Å². The molecule has 0 bridgehead atoms. The van der Waals surface area contributed by atoms with E-state index in [-0.39, 0.29) is 30.3 Å². The Hall–Kier alpha value is -1.95. The summed E-state index contributed by atoms with van der Waals surface area (Å²) in [7, 11) is 0. The van der Waals surface area contributed by atoms with E-state index >= 15 is 0 Å². The number of hydrogen-bond acceptors (Lipinski definition) is 3. The fourth-order valence-electron chi connectivity index (χ4n) is 3.30. The van der Waals surface area contributed by atoms with Crippen LogP contribution in [0.15, 0.2) is 18.2 Å². The van der Waals surface area contributed by atoms with Crippen molar-refractivity contribution in [3.8, 4) is 0 Å². The zero-order valence-corrected chi connectivity index (χ0v) is 12.5. The number of piperidine rings is 1. The molecule has 5 nitrogen and oxygen atoms in total. The van der Waals surface area contributed by atoms with Crippen molar-refractivity contribution in [2.24, 2.45) is 0 Å². The van der Waals surface area contributed by atoms with E-state index in [2.05, 4.69) is 0 Å². The Bertz CT molecular complexity index is 595. The molecule has 0 aliphatic carbocycles. The number of aliphatic hydroxyl groups is 1. The topological polar surface area (TPSA) is 60.9 Å². The molecule has 3 amide bonds. The summed E-state index contributed by atoms with van der Waals surface area (Å²) in [4.78, 5) is 27.4. The maximum absolute atomic E-state index is 13.1. The van der Waals surface area contributed by atoms with Crippen molar-refractivity contribution in [3.05, 3.63) is 35.1 Å². The van der Waals surface area contributed by atoms with Crippen LogP contribution in [0.25, 0.3) is 0 Å². The van der Waals surface area contributed by atoms with Crippen molar-refractivity contribution in [1.82, 2.24) is 9.80 Å². The Kier molecular flexibility index (Phi) is 3.87. The number of aliphatic hydroxyl groups excluding tert-OH is 1. The van der Waals surface area contributed by atoms with E-state index in [0.29, 0.717) is 24.1 Å². The van der Waals surface area contributed by atoms with Gasteiger partial charge in [-0.3, -0.25) is 9.69 Å². The Morgan fingerprint density at radius 2 is 2.14 bits per heavy atom. The van der Waals surface area contributed by atoms with Gasteiger partial charge >= 0.3 is 6.03 Å². The minimum Gasteiger partial charge on any atom is -0.387 e. The molecule has 2 saturated heterocycles. The lowest BCUT2D eigenvalue weighted by Gasteiger charge is -2.26. The summed E-state index contributed by atoms with van der Waals surface area (Å²) in [5.41, 5.74) is 1.14. The highest BCUT2D eigenvalue weighted by Gasteiger charge is 2.46. The number of carbonyl (C=O) groups excluding carboxylic acids is 2. The van der Waals surface area contributed by atoms with Gasteiger partial charge in [0.2, 0.25) is 0 Å². The van der Waals surface area contributed by atoms with Gasteiger partial charge in [-0.05, 0) is 49.4 Å². The van der Waals surface area contributed by atoms with Crippen LogP contribution in [0.4, 0.5) is 9.18 Å². The predicted octanol–water partition coefficient (Wildman–Crippen LogP) is 1.98. The number of rotatable bonds is 3. The molecule has 0 radical (unpaired) electrons. The maximum atomic E-state index is 13.1. The lowest BCUT2D eigenvalue weighted by molar-refractivity contribution is -0.129. The minimum atomic E-state index is -1.00. The molecule has 2 aliphatic heterocycles. The van der Waals surface area contributed by atoms with E-state index in [4.69, 9.17) is 0 Å². The van der Waals surface area contributed by atoms with Crippen LogP contribution in [0.1, 0.15) is 36.5 Å². The van der Waals surface area contributed by atoms with Crippen molar-refractivity contribution in [3.63, 3.8) is 0 Å². The van der Waals surface area contributed by atoms with Gasteiger partial charge in [-0.2, -0.15) is 0 Å². The molecule has 2 atom stereocenters. The maximum Gasteiger partial charge on any atom is 0.327 e. The van der Waals surface area contributed by atoms with Crippen molar-refractivity contribution in [2.75, 3.05) is 13.1 Å². The first kappa shape index (κ1) is 15.0. The summed E-state index contributed by atoms with van der Waals surface area (Å²) >= 11 is 0. The smallest absolute Gasteiger partial charge is 0.327 e. The van der Waals surface area contributed by atoms with Crippen molar-refractivity contribution in [2.45, 2.75) is 38.3 Å². The molecular weight excluding hydrogens is 287 g/mol. The lowest BCUT2D eigenvalue weighted by Crippen LogP contribution is -2.39. The van der Waals surface area contributed by atoms with Crippen LogP contribution in [-0.4, -0.2) is 46.0 Å². The van der Waals surface area contributed by atoms with E-state index < -0.39 is 6.10 Å². The number of amides is 3. The first-order chi connectivity index (χ1) is 10.5. The van der Waals surface area contributed by atoms with Crippen LogP contribution in [0, 0.1) is 12.7 Å². The van der Waals surface area contributed by atoms with E-state index in [1.807, 2.05) is 0 Å². The highest BCUT2D eigenvalue weighted by atomic mass is 19.1. The molecule has 118 valence electrons. The first-order valence-electron chi connectivity index (χ1n) is 7.55. The Morgan fingerprint density at radius 1 is 1.36 bits per heavy atom. The first-order valence-corrected chi connectivity index (χ1v) is 7.55. The van der Waals surface area contributed by atoms with Crippen LogP contribution in [-0.2, 0) is 4.79 Å². The van der Waals surface area contributed by atoms with Crippen LogP contribution >= 0.6 is 0 Å². The van der Waals surface area contributed by atoms with Gasteiger partial charge < -0.3 is 10.0 Å². The number of aryl methyl sites for hydroxylation is 1. The number of urea groups is 1. The Morgan fingerprint density at radius 3 is 2.82 bits per heavy atom. The number of benzene rings is 1. The summed E-state index contributed by atoms with van der Waals surface area (Å²) in [6, 6.07) is 3.39. The molecule has 1 aromatic carbocycles. The van der Waals surface area contributed by atoms with Gasteiger partial charge in [-0.1, -0.05) is 6.07 Å². The number of nitrogens with zero attached hydrogens (tertiary/aromatic N) is 2. The molecule has 1 aromatic rings. The number of imide groups is 1. The van der Waals surface area contributed by atoms with Gasteiger partial charge in [0.1, 0.15) is 11.9 Å². The number of β-amino-alcohol motifs (C(OH)–C–C–N with tert-alkyl or cyclic N) is 1. The van der Waals surface area contributed by atoms with Crippen LogP contribution in [0.2, 0.25) is 0 Å². The van der Waals surface area contributed by atoms with Gasteiger partial charge in [0.05, 0.1) is 12.6 Å². The average molecular weight is 306 g/mol. The summed E-state index contributed by atoms with van der Waals surface area (Å²) in [6.07, 6.45) is 1.53. The molecule has 1 N–H and O–H groups in total. The minimum absolute atomic E-state index is 0.0862. The number of fused-ring (bicyclic) bond motifs is 1. The van der Waals surface area contributed by atoms with Gasteiger partial charge in [0.25, 0.3) is 5.91 Å². The van der Waals surface area contributed by atoms with E-state index in [1.165, 1.54) is 18.2 Å². The SMILES string of the molecule is Cc1cc(F)ccc1C(O)CN1C(=O)C2CCCCN2C1=O. The normalized spacial score (nSPS) is 23.0. The highest BCUT2D eigenvalue weighted by molar-refractivity contribution is 6.04. The molecular formula is C16H19FN2O3. The molecule has 2 aliphatic rings. The van der Waals surface area contributed by atoms with Gasteiger partial charge in [0, 0.05) is 6.54 Å². The lowest BCUT2D eigenvalue weighted by atomic mass is 10.0. The fourth-order valence-corrected chi connectivity index (χ4v) is 3.30. The van der Waals surface area contributed by atoms with Crippen molar-refractivity contribution < 1.29 is 19.1 Å². The molecule has 0 aromatic heterocycles. The monoisotopic (exact) mass is 306 g/mol. The summed E-state index contributed by atoms with van der Waals surface area (Å²) in [5, 5.41) is 10.3. The quantitative estimate of drug-likeness (QED) is 0.869. The van der Waals surface area contributed by atoms with Gasteiger partial charge in [0.15, 0.2) is 0 Å². The molecule has 2 fully saturated rings. The third kappa shape index (κ3) is 2.47. The Labute approximate surface area is 128 Å². The van der Waals surface area contributed by atoms with Crippen LogP contribution in [0.3, 0.4) is 0 Å². The summed E-state index contributed by atoms with van der Waals surface area (Å²) < 4.78 is 13.1. The van der Waals surface area contributed by atoms with Crippen LogP contribution < -0.4 is 0 Å². The number of carbonyl (C=O) groups is 2. The van der Waals surface area contributed by atoms with E-state index in [9.17, 15) is 19.1 Å². The molecule has 2 heterocycles. The molecule has 3 rings (SSSR count). The molecule has 6 heteroatoms. The van der Waals surface area contributed by atoms with Gasteiger partial charge in [-0.15, -0.1) is 0 Å². The zero-order valence-electron chi connectivity index (χ0n) is 12.5. The van der Waals surface area contributed by atoms with Gasteiger partial charge in [-0.25, -0.2) is 9.18 Å². The second-order valence-electron chi connectivity index (χ2n) is 5.95. The van der Waals surface area contributed by atoms with E-state index in [1.54, 1.807) is 11.8 Å². The molecule has 22 heavy (non-hydrogen) atoms. The predicted molar refractivity (Wildman–Crippen MR) is 77.6 cm³/mol. The van der Waals surface area contributed by atoms with Crippen LogP contribution in [0.5, 0.6) is 0 Å². The highest BCUT2D eigenvalue weighted by Crippen LogP contribution is 2.29. The fraction of sp³-hybridized carbons (Fsp3) is 0.500. The summed E-state index contributed by atoms with van der Waals surface area (Å²) in [5.74, 6) is -0.609. The number of hydrogen-bond donors (Lipinski definition) is 1. The van der Waals surface area contributed by atoms with E-state index in [0.717, 1.165) is 17.7 Å². The molecule has 0 spiro atoms. The molecule has 0 saturated carbocycles.